The summed E-state index contributed by atoms with van der Waals surface area (Å²) in [5, 5.41) is 2.72. The third-order valence-corrected chi connectivity index (χ3v) is 5.28. The van der Waals surface area contributed by atoms with E-state index in [-0.39, 0.29) is 12.5 Å². The minimum atomic E-state index is -1.20. The highest BCUT2D eigenvalue weighted by atomic mass is 16.3. The van der Waals surface area contributed by atoms with Crippen LogP contribution in [0.2, 0.25) is 0 Å². The molecule has 3 heterocycles. The van der Waals surface area contributed by atoms with Crippen molar-refractivity contribution >= 4 is 17.8 Å². The minimum absolute atomic E-state index is 0.181. The van der Waals surface area contributed by atoms with Gasteiger partial charge in [-0.1, -0.05) is 6.92 Å². The van der Waals surface area contributed by atoms with Crippen LogP contribution < -0.4 is 5.32 Å². The molecule has 1 aromatic heterocycles. The first-order chi connectivity index (χ1) is 11.7. The van der Waals surface area contributed by atoms with Crippen molar-refractivity contribution in [2.75, 3.05) is 19.6 Å². The third-order valence-electron chi connectivity index (χ3n) is 5.28. The smallest absolute Gasteiger partial charge is 0.325 e. The standard InChI is InChI=1S/C18H25N3O4/c1-11-5-7-20(8-6-11)15(22)10-21-16(23)18(4,19-17(21)24)14-9-12(2)25-13(14)3/h9,11H,5-8,10H2,1-4H3,(H,19,24). The summed E-state index contributed by atoms with van der Waals surface area (Å²) in [5.41, 5.74) is -0.569. The number of carbonyl (C=O) groups is 3. The molecule has 2 aliphatic heterocycles. The van der Waals surface area contributed by atoms with Crippen LogP contribution in [0.1, 0.15) is 43.8 Å². The first kappa shape index (κ1) is 17.5. The van der Waals surface area contributed by atoms with E-state index >= 15 is 0 Å². The number of hydrogen-bond donors (Lipinski definition) is 1. The van der Waals surface area contributed by atoms with E-state index in [1.54, 1.807) is 31.7 Å². The Bertz CT molecular complexity index is 718. The summed E-state index contributed by atoms with van der Waals surface area (Å²) in [5.74, 6) is 1.27. The maximum Gasteiger partial charge on any atom is 0.325 e. The van der Waals surface area contributed by atoms with Crippen molar-refractivity contribution in [1.29, 1.82) is 0 Å². The fourth-order valence-corrected chi connectivity index (χ4v) is 3.64. The summed E-state index contributed by atoms with van der Waals surface area (Å²) in [6.45, 7) is 8.51. The number of aryl methyl sites for hydroxylation is 2. The van der Waals surface area contributed by atoms with Gasteiger partial charge in [0.2, 0.25) is 5.91 Å². The van der Waals surface area contributed by atoms with Gasteiger partial charge in [0.1, 0.15) is 23.6 Å². The van der Waals surface area contributed by atoms with E-state index in [1.807, 2.05) is 0 Å². The number of nitrogens with zero attached hydrogens (tertiary/aromatic N) is 2. The molecule has 1 unspecified atom stereocenters. The molecule has 25 heavy (non-hydrogen) atoms. The number of hydrogen-bond acceptors (Lipinski definition) is 4. The van der Waals surface area contributed by atoms with Gasteiger partial charge in [0.15, 0.2) is 0 Å². The molecule has 7 heteroatoms. The van der Waals surface area contributed by atoms with Crippen LogP contribution >= 0.6 is 0 Å². The SMILES string of the molecule is Cc1cc(C2(C)NC(=O)N(CC(=O)N3CCC(C)CC3)C2=O)c(C)o1. The second-order valence-electron chi connectivity index (χ2n) is 7.34. The monoisotopic (exact) mass is 347 g/mol. The van der Waals surface area contributed by atoms with Crippen LogP contribution in [0.5, 0.6) is 0 Å². The van der Waals surface area contributed by atoms with E-state index in [4.69, 9.17) is 4.42 Å². The van der Waals surface area contributed by atoms with Crippen LogP contribution in [-0.4, -0.2) is 47.3 Å². The Morgan fingerprint density at radius 1 is 1.32 bits per heavy atom. The molecular weight excluding hydrogens is 322 g/mol. The molecule has 0 bridgehead atoms. The average molecular weight is 347 g/mol. The fourth-order valence-electron chi connectivity index (χ4n) is 3.64. The zero-order chi connectivity index (χ0) is 18.4. The molecule has 1 N–H and O–H groups in total. The van der Waals surface area contributed by atoms with Gasteiger partial charge in [0.25, 0.3) is 5.91 Å². The van der Waals surface area contributed by atoms with Crippen molar-refractivity contribution in [3.8, 4) is 0 Å². The maximum absolute atomic E-state index is 12.9. The maximum atomic E-state index is 12.9. The number of piperidine rings is 1. The lowest BCUT2D eigenvalue weighted by Crippen LogP contribution is -2.46. The van der Waals surface area contributed by atoms with E-state index in [0.717, 1.165) is 17.7 Å². The molecule has 4 amide bonds. The highest BCUT2D eigenvalue weighted by Gasteiger charge is 2.51. The molecule has 0 saturated carbocycles. The van der Waals surface area contributed by atoms with E-state index in [1.165, 1.54) is 0 Å². The highest BCUT2D eigenvalue weighted by Crippen LogP contribution is 2.32. The number of urea groups is 1. The summed E-state index contributed by atoms with van der Waals surface area (Å²) in [7, 11) is 0. The zero-order valence-electron chi connectivity index (χ0n) is 15.2. The lowest BCUT2D eigenvalue weighted by Gasteiger charge is -2.31. The van der Waals surface area contributed by atoms with E-state index in [0.29, 0.717) is 36.1 Å². The van der Waals surface area contributed by atoms with Gasteiger partial charge in [-0.2, -0.15) is 0 Å². The van der Waals surface area contributed by atoms with Crippen LogP contribution in [0.3, 0.4) is 0 Å². The Kier molecular flexibility index (Phi) is 4.34. The molecular formula is C18H25N3O4. The van der Waals surface area contributed by atoms with E-state index < -0.39 is 17.5 Å². The number of likely N-dealkylation sites (tertiary alicyclic amines) is 1. The topological polar surface area (TPSA) is 82.9 Å². The van der Waals surface area contributed by atoms with Crippen LogP contribution in [0.4, 0.5) is 4.79 Å². The lowest BCUT2D eigenvalue weighted by atomic mass is 9.92. The van der Waals surface area contributed by atoms with Crippen molar-refractivity contribution in [1.82, 2.24) is 15.1 Å². The molecule has 2 fully saturated rings. The second kappa shape index (κ2) is 6.20. The van der Waals surface area contributed by atoms with Crippen molar-refractivity contribution in [2.24, 2.45) is 5.92 Å². The molecule has 7 nitrogen and oxygen atoms in total. The number of nitrogens with one attached hydrogen (secondary N) is 1. The van der Waals surface area contributed by atoms with E-state index in [9.17, 15) is 14.4 Å². The van der Waals surface area contributed by atoms with Crippen molar-refractivity contribution < 1.29 is 18.8 Å². The summed E-state index contributed by atoms with van der Waals surface area (Å²) in [4.78, 5) is 40.5. The largest absolute Gasteiger partial charge is 0.466 e. The quantitative estimate of drug-likeness (QED) is 0.847. The van der Waals surface area contributed by atoms with Gasteiger partial charge >= 0.3 is 6.03 Å². The second-order valence-corrected chi connectivity index (χ2v) is 7.34. The fraction of sp³-hybridized carbons (Fsp3) is 0.611. The molecule has 0 spiro atoms. The lowest BCUT2D eigenvalue weighted by molar-refractivity contribution is -0.139. The summed E-state index contributed by atoms with van der Waals surface area (Å²) in [6.07, 6.45) is 1.91. The van der Waals surface area contributed by atoms with Crippen molar-refractivity contribution in [3.05, 3.63) is 23.2 Å². The predicted octanol–water partition coefficient (Wildman–Crippen LogP) is 1.92. The van der Waals surface area contributed by atoms with Crippen LogP contribution in [0.15, 0.2) is 10.5 Å². The van der Waals surface area contributed by atoms with Gasteiger partial charge in [-0.25, -0.2) is 4.79 Å². The number of amides is 4. The number of imide groups is 1. The Balaban J connectivity index is 1.75. The molecule has 1 atom stereocenters. The summed E-state index contributed by atoms with van der Waals surface area (Å²) >= 11 is 0. The van der Waals surface area contributed by atoms with Crippen molar-refractivity contribution in [3.63, 3.8) is 0 Å². The molecule has 2 saturated heterocycles. The highest BCUT2D eigenvalue weighted by molar-refractivity contribution is 6.09. The van der Waals surface area contributed by atoms with Gasteiger partial charge in [-0.15, -0.1) is 0 Å². The Morgan fingerprint density at radius 2 is 1.96 bits per heavy atom. The summed E-state index contributed by atoms with van der Waals surface area (Å²) < 4.78 is 5.50. The molecule has 0 aliphatic carbocycles. The number of rotatable bonds is 3. The predicted molar refractivity (Wildman–Crippen MR) is 90.8 cm³/mol. The number of carbonyl (C=O) groups excluding carboxylic acids is 3. The summed E-state index contributed by atoms with van der Waals surface area (Å²) in [6, 6.07) is 1.22. The molecule has 1 aromatic rings. The molecule has 3 rings (SSSR count). The van der Waals surface area contributed by atoms with Gasteiger partial charge in [-0.05, 0) is 45.6 Å². The molecule has 2 aliphatic rings. The average Bonchev–Trinajstić information content (AvgIpc) is 3.00. The third kappa shape index (κ3) is 3.03. The van der Waals surface area contributed by atoms with Gasteiger partial charge in [-0.3, -0.25) is 14.5 Å². The van der Waals surface area contributed by atoms with Crippen LogP contribution in [0, 0.1) is 19.8 Å². The van der Waals surface area contributed by atoms with Gasteiger partial charge in [0.05, 0.1) is 0 Å². The van der Waals surface area contributed by atoms with Crippen molar-refractivity contribution in [2.45, 2.75) is 46.1 Å². The first-order valence-corrected chi connectivity index (χ1v) is 8.71. The van der Waals surface area contributed by atoms with E-state index in [2.05, 4.69) is 12.2 Å². The minimum Gasteiger partial charge on any atom is -0.466 e. The van der Waals surface area contributed by atoms with Crippen LogP contribution in [0.25, 0.3) is 0 Å². The van der Waals surface area contributed by atoms with Gasteiger partial charge in [0, 0.05) is 18.7 Å². The molecule has 0 radical (unpaired) electrons. The Morgan fingerprint density at radius 3 is 2.52 bits per heavy atom. The molecule has 136 valence electrons. The molecule has 0 aromatic carbocycles. The van der Waals surface area contributed by atoms with Crippen LogP contribution in [-0.2, 0) is 15.1 Å². The first-order valence-electron chi connectivity index (χ1n) is 8.71. The Labute approximate surface area is 147 Å². The van der Waals surface area contributed by atoms with Gasteiger partial charge < -0.3 is 14.6 Å². The normalized spacial score (nSPS) is 24.8. The Hall–Kier alpha value is -2.31. The zero-order valence-corrected chi connectivity index (χ0v) is 15.2. The number of furan rings is 1.